The molecule has 7 nitrogen and oxygen atoms in total. The molecule has 0 bridgehead atoms. The lowest BCUT2D eigenvalue weighted by molar-refractivity contribution is -0.385. The third kappa shape index (κ3) is 3.14. The summed E-state index contributed by atoms with van der Waals surface area (Å²) in [6.07, 6.45) is 0. The van der Waals surface area contributed by atoms with E-state index in [-0.39, 0.29) is 28.6 Å². The second-order valence-corrected chi connectivity index (χ2v) is 6.57. The minimum absolute atomic E-state index is 0.0200. The standard InChI is InChI=1S/C16H22N4O3/c1-11(2)14-4-3-12(7-15(14)20(22)23)9-18-5-6-19-13(10-18)8-17-16(19)21/h3-4,7,11,13H,5-6,8-10H2,1-2H3,(H,17,21). The van der Waals surface area contributed by atoms with E-state index in [0.29, 0.717) is 19.6 Å². The van der Waals surface area contributed by atoms with Gasteiger partial charge in [-0.3, -0.25) is 15.0 Å². The van der Waals surface area contributed by atoms with Crippen LogP contribution in [0.25, 0.3) is 0 Å². The number of amides is 2. The quantitative estimate of drug-likeness (QED) is 0.679. The first-order valence-electron chi connectivity index (χ1n) is 7.99. The number of hydrogen-bond donors (Lipinski definition) is 1. The molecule has 0 radical (unpaired) electrons. The number of carbonyl (C=O) groups excluding carboxylic acids is 1. The van der Waals surface area contributed by atoms with E-state index in [1.165, 1.54) is 0 Å². The molecule has 7 heteroatoms. The lowest BCUT2D eigenvalue weighted by atomic mass is 9.99. The summed E-state index contributed by atoms with van der Waals surface area (Å²) in [5, 5.41) is 14.2. The Bertz CT molecular complexity index is 632. The summed E-state index contributed by atoms with van der Waals surface area (Å²) >= 11 is 0. The Labute approximate surface area is 135 Å². The largest absolute Gasteiger partial charge is 0.336 e. The predicted molar refractivity (Wildman–Crippen MR) is 86.4 cm³/mol. The van der Waals surface area contributed by atoms with E-state index in [0.717, 1.165) is 24.2 Å². The van der Waals surface area contributed by atoms with Gasteiger partial charge in [-0.2, -0.15) is 0 Å². The number of hydrogen-bond acceptors (Lipinski definition) is 4. The molecule has 1 aromatic carbocycles. The zero-order chi connectivity index (χ0) is 16.6. The molecule has 2 heterocycles. The molecule has 2 aliphatic rings. The van der Waals surface area contributed by atoms with Crippen molar-refractivity contribution in [3.05, 3.63) is 39.4 Å². The molecule has 0 aromatic heterocycles. The Kier molecular flexibility index (Phi) is 4.21. The Balaban J connectivity index is 1.72. The van der Waals surface area contributed by atoms with Crippen LogP contribution < -0.4 is 5.32 Å². The molecule has 3 rings (SSSR count). The van der Waals surface area contributed by atoms with E-state index in [1.54, 1.807) is 6.07 Å². The highest BCUT2D eigenvalue weighted by Gasteiger charge is 2.35. The smallest absolute Gasteiger partial charge is 0.317 e. The number of urea groups is 1. The van der Waals surface area contributed by atoms with Crippen LogP contribution in [0.15, 0.2) is 18.2 Å². The van der Waals surface area contributed by atoms with Gasteiger partial charge in [0.05, 0.1) is 11.0 Å². The molecule has 1 atom stereocenters. The zero-order valence-electron chi connectivity index (χ0n) is 13.5. The van der Waals surface area contributed by atoms with Crippen molar-refractivity contribution in [2.24, 2.45) is 0 Å². The van der Waals surface area contributed by atoms with Gasteiger partial charge < -0.3 is 10.2 Å². The number of fused-ring (bicyclic) bond motifs is 1. The van der Waals surface area contributed by atoms with Gasteiger partial charge in [0.15, 0.2) is 0 Å². The number of benzene rings is 1. The second-order valence-electron chi connectivity index (χ2n) is 6.57. The number of carbonyl (C=O) groups is 1. The first kappa shape index (κ1) is 15.7. The van der Waals surface area contributed by atoms with Crippen LogP contribution in [-0.4, -0.2) is 53.0 Å². The topological polar surface area (TPSA) is 78.7 Å². The summed E-state index contributed by atoms with van der Waals surface area (Å²) in [7, 11) is 0. The maximum atomic E-state index is 11.6. The van der Waals surface area contributed by atoms with Crippen LogP contribution in [0.1, 0.15) is 30.9 Å². The van der Waals surface area contributed by atoms with Gasteiger partial charge in [0.2, 0.25) is 0 Å². The Hall–Kier alpha value is -2.15. The van der Waals surface area contributed by atoms with Crippen molar-refractivity contribution in [2.75, 3.05) is 26.2 Å². The van der Waals surface area contributed by atoms with Crippen molar-refractivity contribution in [1.29, 1.82) is 0 Å². The van der Waals surface area contributed by atoms with Gasteiger partial charge in [0.1, 0.15) is 0 Å². The maximum Gasteiger partial charge on any atom is 0.317 e. The molecule has 2 saturated heterocycles. The molecule has 23 heavy (non-hydrogen) atoms. The van der Waals surface area contributed by atoms with Gasteiger partial charge in [0.25, 0.3) is 5.69 Å². The monoisotopic (exact) mass is 318 g/mol. The van der Waals surface area contributed by atoms with Crippen LogP contribution >= 0.6 is 0 Å². The molecular weight excluding hydrogens is 296 g/mol. The average Bonchev–Trinajstić information content (AvgIpc) is 2.88. The van der Waals surface area contributed by atoms with Crippen molar-refractivity contribution in [2.45, 2.75) is 32.4 Å². The summed E-state index contributed by atoms with van der Waals surface area (Å²) in [5.74, 6) is 0.128. The van der Waals surface area contributed by atoms with Crippen molar-refractivity contribution >= 4 is 11.7 Å². The summed E-state index contributed by atoms with van der Waals surface area (Å²) in [4.78, 5) is 26.8. The van der Waals surface area contributed by atoms with Gasteiger partial charge in [0, 0.05) is 44.4 Å². The van der Waals surface area contributed by atoms with Crippen LogP contribution in [0.2, 0.25) is 0 Å². The van der Waals surface area contributed by atoms with Gasteiger partial charge in [-0.1, -0.05) is 26.0 Å². The van der Waals surface area contributed by atoms with Crippen molar-refractivity contribution < 1.29 is 9.72 Å². The third-order valence-corrected chi connectivity index (χ3v) is 4.64. The average molecular weight is 318 g/mol. The van der Waals surface area contributed by atoms with E-state index >= 15 is 0 Å². The molecule has 0 spiro atoms. The van der Waals surface area contributed by atoms with Gasteiger partial charge >= 0.3 is 6.03 Å². The van der Waals surface area contributed by atoms with Gasteiger partial charge in [-0.25, -0.2) is 4.79 Å². The van der Waals surface area contributed by atoms with E-state index in [4.69, 9.17) is 0 Å². The number of nitro benzene ring substituents is 1. The van der Waals surface area contributed by atoms with Crippen LogP contribution in [-0.2, 0) is 6.54 Å². The van der Waals surface area contributed by atoms with Crippen molar-refractivity contribution in [3.8, 4) is 0 Å². The van der Waals surface area contributed by atoms with Crippen LogP contribution in [0.3, 0.4) is 0 Å². The summed E-state index contributed by atoms with van der Waals surface area (Å²) in [5.41, 5.74) is 1.93. The molecule has 2 amide bonds. The van der Waals surface area contributed by atoms with E-state index in [2.05, 4.69) is 10.2 Å². The van der Waals surface area contributed by atoms with Crippen LogP contribution in [0, 0.1) is 10.1 Å². The number of rotatable bonds is 4. The normalized spacial score (nSPS) is 21.4. The van der Waals surface area contributed by atoms with Crippen molar-refractivity contribution in [3.63, 3.8) is 0 Å². The molecule has 0 aliphatic carbocycles. The van der Waals surface area contributed by atoms with E-state index in [1.807, 2.05) is 30.9 Å². The molecule has 124 valence electrons. The van der Waals surface area contributed by atoms with Crippen molar-refractivity contribution in [1.82, 2.24) is 15.1 Å². The molecule has 0 saturated carbocycles. The summed E-state index contributed by atoms with van der Waals surface area (Å²) in [6.45, 7) is 7.60. The highest BCUT2D eigenvalue weighted by Crippen LogP contribution is 2.28. The highest BCUT2D eigenvalue weighted by molar-refractivity contribution is 5.77. The Morgan fingerprint density at radius 3 is 2.87 bits per heavy atom. The minimum atomic E-state index is -0.295. The SMILES string of the molecule is CC(C)c1ccc(CN2CCN3C(=O)NCC3C2)cc1[N+](=O)[O-]. The predicted octanol–water partition coefficient (Wildman–Crippen LogP) is 1.93. The van der Waals surface area contributed by atoms with Crippen LogP contribution in [0.5, 0.6) is 0 Å². The van der Waals surface area contributed by atoms with Gasteiger partial charge in [-0.15, -0.1) is 0 Å². The lowest BCUT2D eigenvalue weighted by Crippen LogP contribution is -2.51. The Morgan fingerprint density at radius 1 is 1.39 bits per heavy atom. The molecule has 1 aromatic rings. The van der Waals surface area contributed by atoms with E-state index < -0.39 is 0 Å². The fourth-order valence-corrected chi connectivity index (χ4v) is 3.40. The highest BCUT2D eigenvalue weighted by atomic mass is 16.6. The minimum Gasteiger partial charge on any atom is -0.336 e. The first-order valence-corrected chi connectivity index (χ1v) is 7.99. The third-order valence-electron chi connectivity index (χ3n) is 4.64. The molecule has 1 N–H and O–H groups in total. The lowest BCUT2D eigenvalue weighted by Gasteiger charge is -2.36. The number of nitrogens with zero attached hydrogens (tertiary/aromatic N) is 3. The number of nitro groups is 1. The summed E-state index contributed by atoms with van der Waals surface area (Å²) < 4.78 is 0. The second kappa shape index (κ2) is 6.16. The number of piperazine rings is 1. The molecule has 2 aliphatic heterocycles. The fourth-order valence-electron chi connectivity index (χ4n) is 3.40. The first-order chi connectivity index (χ1) is 11.0. The fraction of sp³-hybridized carbons (Fsp3) is 0.562. The van der Waals surface area contributed by atoms with Gasteiger partial charge in [-0.05, 0) is 11.5 Å². The zero-order valence-corrected chi connectivity index (χ0v) is 13.5. The molecule has 2 fully saturated rings. The van der Waals surface area contributed by atoms with Crippen LogP contribution in [0.4, 0.5) is 10.5 Å². The maximum absolute atomic E-state index is 11.6. The molecular formula is C16H22N4O3. The molecule has 1 unspecified atom stereocenters. The Morgan fingerprint density at radius 2 is 2.17 bits per heavy atom. The van der Waals surface area contributed by atoms with E-state index in [9.17, 15) is 14.9 Å². The number of nitrogens with one attached hydrogen (secondary N) is 1. The summed E-state index contributed by atoms with van der Waals surface area (Å²) in [6, 6.07) is 5.77.